The fourth-order valence-corrected chi connectivity index (χ4v) is 2.67. The van der Waals surface area contributed by atoms with Crippen molar-refractivity contribution in [2.75, 3.05) is 18.4 Å². The van der Waals surface area contributed by atoms with E-state index in [1.165, 1.54) is 0 Å². The van der Waals surface area contributed by atoms with Crippen LogP contribution in [0.15, 0.2) is 30.3 Å². The molecule has 0 saturated carbocycles. The molecule has 1 fully saturated rings. The van der Waals surface area contributed by atoms with Crippen LogP contribution in [0.5, 0.6) is 0 Å². The summed E-state index contributed by atoms with van der Waals surface area (Å²) in [6.07, 6.45) is 1.54. The Labute approximate surface area is 115 Å². The standard InChI is InChI=1S/C14H16BrNO2/c15-10-13(17)16-8-6-12(7-9-16)14(18)11-4-2-1-3-5-11/h1-5,12H,6-10H2. The fourth-order valence-electron chi connectivity index (χ4n) is 2.31. The number of likely N-dealkylation sites (tertiary alicyclic amines) is 1. The van der Waals surface area contributed by atoms with E-state index in [1.54, 1.807) is 0 Å². The molecule has 1 aliphatic heterocycles. The van der Waals surface area contributed by atoms with Gasteiger partial charge in [-0.15, -0.1) is 0 Å². The number of hydrogen-bond donors (Lipinski definition) is 0. The Hall–Kier alpha value is -1.16. The lowest BCUT2D eigenvalue weighted by Crippen LogP contribution is -2.40. The highest BCUT2D eigenvalue weighted by atomic mass is 79.9. The highest BCUT2D eigenvalue weighted by Crippen LogP contribution is 2.21. The molecule has 0 N–H and O–H groups in total. The summed E-state index contributed by atoms with van der Waals surface area (Å²) in [6, 6.07) is 9.40. The van der Waals surface area contributed by atoms with Crippen LogP contribution in [0.4, 0.5) is 0 Å². The average molecular weight is 310 g/mol. The number of Topliss-reactive ketones (excluding diaryl/α,β-unsaturated/α-hetero) is 1. The number of nitrogens with zero attached hydrogens (tertiary/aromatic N) is 1. The van der Waals surface area contributed by atoms with E-state index in [0.29, 0.717) is 18.4 Å². The van der Waals surface area contributed by atoms with Gasteiger partial charge in [0.2, 0.25) is 5.91 Å². The molecule has 0 atom stereocenters. The molecule has 1 aliphatic rings. The van der Waals surface area contributed by atoms with Gasteiger partial charge in [-0.3, -0.25) is 9.59 Å². The van der Waals surface area contributed by atoms with Crippen molar-refractivity contribution in [2.24, 2.45) is 5.92 Å². The minimum absolute atomic E-state index is 0.0618. The van der Waals surface area contributed by atoms with Crippen LogP contribution in [0.1, 0.15) is 23.2 Å². The van der Waals surface area contributed by atoms with Gasteiger partial charge < -0.3 is 4.90 Å². The fraction of sp³-hybridized carbons (Fsp3) is 0.429. The topological polar surface area (TPSA) is 37.4 Å². The number of halogens is 1. The second kappa shape index (κ2) is 6.14. The van der Waals surface area contributed by atoms with Crippen molar-refractivity contribution in [3.8, 4) is 0 Å². The van der Waals surface area contributed by atoms with Gasteiger partial charge in [0.15, 0.2) is 5.78 Å². The summed E-state index contributed by atoms with van der Waals surface area (Å²) in [4.78, 5) is 25.6. The van der Waals surface area contributed by atoms with Crippen molar-refractivity contribution in [3.05, 3.63) is 35.9 Å². The first-order valence-corrected chi connectivity index (χ1v) is 7.27. The molecular weight excluding hydrogens is 294 g/mol. The Morgan fingerprint density at radius 1 is 1.17 bits per heavy atom. The minimum atomic E-state index is 0.0618. The summed E-state index contributed by atoms with van der Waals surface area (Å²) in [6.45, 7) is 1.38. The third-order valence-corrected chi connectivity index (χ3v) is 3.87. The number of rotatable bonds is 3. The highest BCUT2D eigenvalue weighted by Gasteiger charge is 2.27. The predicted octanol–water partition coefficient (Wildman–Crippen LogP) is 2.50. The molecule has 0 unspecified atom stereocenters. The molecule has 4 heteroatoms. The second-order valence-electron chi connectivity index (χ2n) is 4.52. The number of hydrogen-bond acceptors (Lipinski definition) is 2. The number of benzene rings is 1. The molecule has 0 aromatic heterocycles. The number of carbonyl (C=O) groups excluding carboxylic acids is 2. The normalized spacial score (nSPS) is 16.6. The lowest BCUT2D eigenvalue weighted by Gasteiger charge is -2.31. The lowest BCUT2D eigenvalue weighted by atomic mass is 9.89. The molecule has 0 aliphatic carbocycles. The van der Waals surface area contributed by atoms with Gasteiger partial charge in [0.05, 0.1) is 5.33 Å². The Morgan fingerprint density at radius 2 is 1.78 bits per heavy atom. The third-order valence-electron chi connectivity index (χ3n) is 3.39. The molecule has 3 nitrogen and oxygen atoms in total. The molecule has 1 aromatic carbocycles. The zero-order valence-electron chi connectivity index (χ0n) is 10.1. The van der Waals surface area contributed by atoms with Crippen LogP contribution in [-0.4, -0.2) is 35.0 Å². The average Bonchev–Trinajstić information content (AvgIpc) is 2.47. The van der Waals surface area contributed by atoms with Gasteiger partial charge in [-0.1, -0.05) is 46.3 Å². The van der Waals surface area contributed by atoms with Gasteiger partial charge >= 0.3 is 0 Å². The smallest absolute Gasteiger partial charge is 0.233 e. The zero-order chi connectivity index (χ0) is 13.0. The summed E-state index contributed by atoms with van der Waals surface area (Å²) in [5.41, 5.74) is 0.780. The summed E-state index contributed by atoms with van der Waals surface area (Å²) in [5, 5.41) is 0.365. The monoisotopic (exact) mass is 309 g/mol. The number of amides is 1. The molecule has 0 spiro atoms. The maximum Gasteiger partial charge on any atom is 0.233 e. The van der Waals surface area contributed by atoms with Crippen LogP contribution in [0, 0.1) is 5.92 Å². The van der Waals surface area contributed by atoms with Crippen molar-refractivity contribution in [1.29, 1.82) is 0 Å². The van der Waals surface area contributed by atoms with Crippen LogP contribution in [-0.2, 0) is 4.79 Å². The first-order valence-electron chi connectivity index (χ1n) is 6.15. The first-order chi connectivity index (χ1) is 8.72. The number of alkyl halides is 1. The zero-order valence-corrected chi connectivity index (χ0v) is 11.7. The van der Waals surface area contributed by atoms with E-state index in [4.69, 9.17) is 0 Å². The molecule has 96 valence electrons. The third kappa shape index (κ3) is 2.99. The molecule has 2 rings (SSSR count). The Bertz CT molecular complexity index is 425. The van der Waals surface area contributed by atoms with Crippen molar-refractivity contribution in [3.63, 3.8) is 0 Å². The van der Waals surface area contributed by atoms with Crippen LogP contribution >= 0.6 is 15.9 Å². The van der Waals surface area contributed by atoms with Crippen molar-refractivity contribution in [1.82, 2.24) is 4.90 Å². The molecular formula is C14H16BrNO2. The Balaban J connectivity index is 1.94. The van der Waals surface area contributed by atoms with Crippen molar-refractivity contribution < 1.29 is 9.59 Å². The molecule has 1 heterocycles. The minimum Gasteiger partial charge on any atom is -0.342 e. The van der Waals surface area contributed by atoms with Crippen LogP contribution in [0.2, 0.25) is 0 Å². The van der Waals surface area contributed by atoms with Crippen LogP contribution < -0.4 is 0 Å². The number of ketones is 1. The van der Waals surface area contributed by atoms with E-state index < -0.39 is 0 Å². The molecule has 0 bridgehead atoms. The molecule has 1 saturated heterocycles. The molecule has 0 radical (unpaired) electrons. The van der Waals surface area contributed by atoms with Crippen molar-refractivity contribution in [2.45, 2.75) is 12.8 Å². The quantitative estimate of drug-likeness (QED) is 0.635. The van der Waals surface area contributed by atoms with E-state index in [0.717, 1.165) is 18.4 Å². The predicted molar refractivity (Wildman–Crippen MR) is 73.9 cm³/mol. The summed E-state index contributed by atoms with van der Waals surface area (Å²) < 4.78 is 0. The van der Waals surface area contributed by atoms with Gasteiger partial charge in [-0.05, 0) is 12.8 Å². The molecule has 18 heavy (non-hydrogen) atoms. The number of carbonyl (C=O) groups is 2. The van der Waals surface area contributed by atoms with E-state index in [9.17, 15) is 9.59 Å². The maximum absolute atomic E-state index is 12.2. The van der Waals surface area contributed by atoms with Crippen LogP contribution in [0.3, 0.4) is 0 Å². The van der Waals surface area contributed by atoms with E-state index in [2.05, 4.69) is 15.9 Å². The van der Waals surface area contributed by atoms with Gasteiger partial charge in [0, 0.05) is 24.6 Å². The Kier molecular flexibility index (Phi) is 4.53. The van der Waals surface area contributed by atoms with Crippen molar-refractivity contribution >= 4 is 27.6 Å². The lowest BCUT2D eigenvalue weighted by molar-refractivity contribution is -0.129. The number of piperidine rings is 1. The highest BCUT2D eigenvalue weighted by molar-refractivity contribution is 9.09. The van der Waals surface area contributed by atoms with Gasteiger partial charge in [0.1, 0.15) is 0 Å². The van der Waals surface area contributed by atoms with Crippen LogP contribution in [0.25, 0.3) is 0 Å². The van der Waals surface area contributed by atoms with E-state index in [1.807, 2.05) is 35.2 Å². The van der Waals surface area contributed by atoms with Gasteiger partial charge in [-0.25, -0.2) is 0 Å². The molecule has 1 amide bonds. The summed E-state index contributed by atoms with van der Waals surface area (Å²) >= 11 is 3.17. The largest absolute Gasteiger partial charge is 0.342 e. The SMILES string of the molecule is O=C(c1ccccc1)C1CCN(C(=O)CBr)CC1. The molecule has 1 aromatic rings. The summed E-state index contributed by atoms with van der Waals surface area (Å²) in [5.74, 6) is 0.383. The van der Waals surface area contributed by atoms with Gasteiger partial charge in [0.25, 0.3) is 0 Å². The second-order valence-corrected chi connectivity index (χ2v) is 5.08. The van der Waals surface area contributed by atoms with E-state index >= 15 is 0 Å². The first kappa shape index (κ1) is 13.3. The Morgan fingerprint density at radius 3 is 2.33 bits per heavy atom. The van der Waals surface area contributed by atoms with Gasteiger partial charge in [-0.2, -0.15) is 0 Å². The maximum atomic E-state index is 12.2. The van der Waals surface area contributed by atoms with E-state index in [-0.39, 0.29) is 17.6 Å². The summed E-state index contributed by atoms with van der Waals surface area (Å²) in [7, 11) is 0.